The Morgan fingerprint density at radius 2 is 1.67 bits per heavy atom. The summed E-state index contributed by atoms with van der Waals surface area (Å²) in [5.41, 5.74) is 0. The first-order valence-corrected chi connectivity index (χ1v) is 1.93. The Hall–Kier alpha value is 1.42. The van der Waals surface area contributed by atoms with Gasteiger partial charge in [-0.25, -0.2) is 0 Å². The molecule has 0 spiro atoms. The van der Waals surface area contributed by atoms with Gasteiger partial charge in [-0.1, -0.05) is 0 Å². The predicted octanol–water partition coefficient (Wildman–Crippen LogP) is -4.39. The van der Waals surface area contributed by atoms with Gasteiger partial charge in [-0.2, -0.15) is 0 Å². The van der Waals surface area contributed by atoms with E-state index in [1.165, 1.54) is 0 Å². The molecule has 0 saturated heterocycles. The summed E-state index contributed by atoms with van der Waals surface area (Å²) in [7, 11) is -1.81. The maximum Gasteiger partial charge on any atom is 2.00 e. The van der Waals surface area contributed by atoms with Crippen LogP contribution in [0.3, 0.4) is 0 Å². The van der Waals surface area contributed by atoms with E-state index in [9.17, 15) is 0 Å². The van der Waals surface area contributed by atoms with Crippen LogP contribution in [0.5, 0.6) is 0 Å². The monoisotopic (exact) mass is 130 g/mol. The van der Waals surface area contributed by atoms with Gasteiger partial charge in [0.25, 0.3) is 0 Å². The molecular weight excluding hydrogens is 127 g/mol. The minimum atomic E-state index is -2.05. The van der Waals surface area contributed by atoms with Crippen LogP contribution in [0, 0.1) is 0 Å². The zero-order valence-electron chi connectivity index (χ0n) is 3.51. The summed E-state index contributed by atoms with van der Waals surface area (Å²) in [6, 6.07) is 0. The SMILES string of the molecule is [Ca+2].[O-]B([O-])O[SiH3]. The molecule has 0 aromatic carbocycles. The maximum atomic E-state index is 9.15. The molecule has 0 aliphatic carbocycles. The number of hydrogen-bond acceptors (Lipinski definition) is 3. The summed E-state index contributed by atoms with van der Waals surface area (Å²) in [6.45, 7) is 0. The van der Waals surface area contributed by atoms with Crippen molar-refractivity contribution in [3.8, 4) is 0 Å². The molecule has 0 saturated carbocycles. The molecule has 3 nitrogen and oxygen atoms in total. The average molecular weight is 130 g/mol. The fourth-order valence-corrected chi connectivity index (χ4v) is 0. The molecule has 0 N–H and O–H groups in total. The van der Waals surface area contributed by atoms with Crippen molar-refractivity contribution in [2.45, 2.75) is 0 Å². The van der Waals surface area contributed by atoms with E-state index < -0.39 is 7.32 Å². The quantitative estimate of drug-likeness (QED) is 0.337. The number of hydrogen-bond donors (Lipinski definition) is 0. The van der Waals surface area contributed by atoms with Crippen LogP contribution in [-0.2, 0) is 4.34 Å². The van der Waals surface area contributed by atoms with Crippen LogP contribution in [0.25, 0.3) is 0 Å². The first kappa shape index (κ1) is 10.4. The van der Waals surface area contributed by atoms with Gasteiger partial charge in [0.2, 0.25) is 0 Å². The summed E-state index contributed by atoms with van der Waals surface area (Å²) in [4.78, 5) is 0. The molecule has 0 unspecified atom stereocenters. The molecule has 0 radical (unpaired) electrons. The van der Waals surface area contributed by atoms with E-state index in [2.05, 4.69) is 4.34 Å². The second-order valence-electron chi connectivity index (χ2n) is 0.524. The van der Waals surface area contributed by atoms with Gasteiger partial charge in [0.15, 0.2) is 0 Å². The van der Waals surface area contributed by atoms with Gasteiger partial charge in [-0.3, -0.25) is 0 Å². The van der Waals surface area contributed by atoms with Crippen molar-refractivity contribution in [2.75, 3.05) is 0 Å². The van der Waals surface area contributed by atoms with Crippen molar-refractivity contribution in [3.05, 3.63) is 0 Å². The van der Waals surface area contributed by atoms with Crippen LogP contribution in [0.2, 0.25) is 0 Å². The zero-order chi connectivity index (χ0) is 4.28. The van der Waals surface area contributed by atoms with Crippen molar-refractivity contribution in [3.63, 3.8) is 0 Å². The van der Waals surface area contributed by atoms with Gasteiger partial charge >= 0.3 is 37.7 Å². The van der Waals surface area contributed by atoms with Crippen molar-refractivity contribution in [1.82, 2.24) is 0 Å². The van der Waals surface area contributed by atoms with Crippen LogP contribution in [0.1, 0.15) is 0 Å². The Morgan fingerprint density at radius 1 is 1.50 bits per heavy atom. The standard InChI is InChI=1S/BH3O3Si.Ca/c2-1(3)4-5;/h5H3;/q-2;+2. The fourth-order valence-electron chi connectivity index (χ4n) is 0. The molecule has 0 fully saturated rings. The summed E-state index contributed by atoms with van der Waals surface area (Å²) in [5, 5.41) is 18.3. The van der Waals surface area contributed by atoms with Crippen molar-refractivity contribution >= 4 is 55.5 Å². The molecule has 0 rings (SSSR count). The van der Waals surface area contributed by atoms with Crippen molar-refractivity contribution in [1.29, 1.82) is 0 Å². The van der Waals surface area contributed by atoms with Crippen LogP contribution in [0.15, 0.2) is 0 Å². The van der Waals surface area contributed by atoms with E-state index in [0.717, 1.165) is 0 Å². The zero-order valence-corrected chi connectivity index (χ0v) is 7.72. The molecule has 0 aromatic rings. The number of rotatable bonds is 1. The Kier molecular flexibility index (Phi) is 11.1. The molecular formula is H3BCaO3Si. The minimum Gasteiger partial charge on any atom is -0.872 e. The molecule has 6 heteroatoms. The fraction of sp³-hybridized carbons (Fsp3) is 0. The normalized spacial score (nSPS) is 7.00. The van der Waals surface area contributed by atoms with E-state index in [-0.39, 0.29) is 48.2 Å². The Labute approximate surface area is 69.4 Å². The molecule has 0 amide bonds. The first-order chi connectivity index (χ1) is 2.27. The van der Waals surface area contributed by atoms with Gasteiger partial charge in [0.05, 0.1) is 0 Å². The van der Waals surface area contributed by atoms with Gasteiger partial charge in [-0.05, 0) is 0 Å². The summed E-state index contributed by atoms with van der Waals surface area (Å²) in [6.07, 6.45) is 0. The molecule has 0 heterocycles. The van der Waals surface area contributed by atoms with Crippen molar-refractivity contribution in [2.24, 2.45) is 0 Å². The molecule has 6 heavy (non-hydrogen) atoms. The van der Waals surface area contributed by atoms with E-state index in [1.807, 2.05) is 0 Å². The van der Waals surface area contributed by atoms with Gasteiger partial charge in [0, 0.05) is 7.32 Å². The Balaban J connectivity index is 0. The summed E-state index contributed by atoms with van der Waals surface area (Å²) >= 11 is 0. The minimum absolute atomic E-state index is 0. The third kappa shape index (κ3) is 9.05. The first-order valence-electron chi connectivity index (χ1n) is 1.12. The molecule has 0 aliphatic rings. The maximum absolute atomic E-state index is 9.15. The van der Waals surface area contributed by atoms with E-state index in [1.54, 1.807) is 0 Å². The smallest absolute Gasteiger partial charge is 0.872 e. The molecule has 0 aromatic heterocycles. The predicted molar refractivity (Wildman–Crippen MR) is 22.5 cm³/mol. The van der Waals surface area contributed by atoms with Gasteiger partial charge < -0.3 is 14.4 Å². The summed E-state index contributed by atoms with van der Waals surface area (Å²) in [5.74, 6) is 0. The second-order valence-corrected chi connectivity index (χ2v) is 0.996. The molecule has 30 valence electrons. The third-order valence-corrected chi connectivity index (χ3v) is 0.577. The van der Waals surface area contributed by atoms with Crippen LogP contribution in [-0.4, -0.2) is 55.5 Å². The average Bonchev–Trinajstić information content (AvgIpc) is 1.38. The van der Waals surface area contributed by atoms with Crippen LogP contribution < -0.4 is 10.0 Å². The Bertz CT molecular complexity index is 24.8. The van der Waals surface area contributed by atoms with E-state index >= 15 is 0 Å². The van der Waals surface area contributed by atoms with E-state index in [4.69, 9.17) is 10.0 Å². The topological polar surface area (TPSA) is 55.3 Å². The van der Waals surface area contributed by atoms with Crippen LogP contribution >= 0.6 is 0 Å². The van der Waals surface area contributed by atoms with Gasteiger partial charge in [0.1, 0.15) is 10.5 Å². The van der Waals surface area contributed by atoms with Crippen molar-refractivity contribution < 1.29 is 14.4 Å². The molecule has 0 bridgehead atoms. The molecule has 0 aliphatic heterocycles. The van der Waals surface area contributed by atoms with E-state index in [0.29, 0.717) is 0 Å². The molecule has 0 atom stereocenters. The second kappa shape index (κ2) is 6.42. The third-order valence-electron chi connectivity index (χ3n) is 0.192. The largest absolute Gasteiger partial charge is 2.00 e. The van der Waals surface area contributed by atoms with Crippen LogP contribution in [0.4, 0.5) is 0 Å². The Morgan fingerprint density at radius 3 is 1.67 bits per heavy atom. The summed E-state index contributed by atoms with van der Waals surface area (Å²) < 4.78 is 3.78. The van der Waals surface area contributed by atoms with Gasteiger partial charge in [-0.15, -0.1) is 0 Å².